The SMILES string of the molecule is O=C(O)C1CCCN1C(=O)c1ccc(CN2C(=O)CNC2=O)cc1. The van der Waals surface area contributed by atoms with Crippen LogP contribution in [0.2, 0.25) is 0 Å². The molecule has 2 aliphatic rings. The summed E-state index contributed by atoms with van der Waals surface area (Å²) in [5.41, 5.74) is 1.11. The number of hydrogen-bond donors (Lipinski definition) is 2. The third kappa shape index (κ3) is 2.94. The molecule has 1 unspecified atom stereocenters. The number of nitrogens with one attached hydrogen (secondary N) is 1. The maximum atomic E-state index is 12.5. The molecule has 1 aromatic carbocycles. The van der Waals surface area contributed by atoms with Crippen molar-refractivity contribution in [3.05, 3.63) is 35.4 Å². The quantitative estimate of drug-likeness (QED) is 0.778. The van der Waals surface area contributed by atoms with Gasteiger partial charge in [0.2, 0.25) is 5.91 Å². The van der Waals surface area contributed by atoms with Gasteiger partial charge in [-0.2, -0.15) is 0 Å². The second-order valence-electron chi connectivity index (χ2n) is 5.83. The predicted octanol–water partition coefficient (Wildman–Crippen LogP) is 0.428. The third-order valence-corrected chi connectivity index (χ3v) is 4.28. The fraction of sp³-hybridized carbons (Fsp3) is 0.375. The highest BCUT2D eigenvalue weighted by molar-refractivity contribution is 6.02. The van der Waals surface area contributed by atoms with Crippen molar-refractivity contribution in [1.29, 1.82) is 0 Å². The number of carbonyl (C=O) groups is 4. The lowest BCUT2D eigenvalue weighted by Crippen LogP contribution is -2.40. The molecule has 0 spiro atoms. The Bertz CT molecular complexity index is 684. The van der Waals surface area contributed by atoms with E-state index in [0.29, 0.717) is 30.5 Å². The highest BCUT2D eigenvalue weighted by atomic mass is 16.4. The summed E-state index contributed by atoms with van der Waals surface area (Å²) in [5.74, 6) is -1.60. The first-order valence-electron chi connectivity index (χ1n) is 7.68. The van der Waals surface area contributed by atoms with Crippen molar-refractivity contribution in [3.8, 4) is 0 Å². The van der Waals surface area contributed by atoms with Gasteiger partial charge in [0, 0.05) is 12.1 Å². The Morgan fingerprint density at radius 2 is 1.92 bits per heavy atom. The summed E-state index contributed by atoms with van der Waals surface area (Å²) in [4.78, 5) is 49.2. The number of nitrogens with zero attached hydrogens (tertiary/aromatic N) is 2. The summed E-state index contributed by atoms with van der Waals surface area (Å²) in [6.45, 7) is 0.571. The summed E-state index contributed by atoms with van der Waals surface area (Å²) < 4.78 is 0. The van der Waals surface area contributed by atoms with E-state index in [1.165, 1.54) is 4.90 Å². The van der Waals surface area contributed by atoms with Gasteiger partial charge in [-0.1, -0.05) is 12.1 Å². The van der Waals surface area contributed by atoms with Gasteiger partial charge in [0.1, 0.15) is 6.04 Å². The standard InChI is InChI=1S/C16H17N3O5/c20-13-8-17-16(24)19(13)9-10-3-5-11(6-4-10)14(21)18-7-1-2-12(18)15(22)23/h3-6,12H,1-2,7-9H2,(H,17,24)(H,22,23). The van der Waals surface area contributed by atoms with Gasteiger partial charge >= 0.3 is 12.0 Å². The highest BCUT2D eigenvalue weighted by Crippen LogP contribution is 2.21. The largest absolute Gasteiger partial charge is 0.480 e. The van der Waals surface area contributed by atoms with E-state index in [0.717, 1.165) is 4.90 Å². The molecule has 2 fully saturated rings. The van der Waals surface area contributed by atoms with Crippen LogP contribution in [-0.4, -0.2) is 57.9 Å². The molecule has 8 nitrogen and oxygen atoms in total. The minimum absolute atomic E-state index is 0.000932. The summed E-state index contributed by atoms with van der Waals surface area (Å²) in [6, 6.07) is 5.31. The van der Waals surface area contributed by atoms with Gasteiger partial charge in [-0.15, -0.1) is 0 Å². The van der Waals surface area contributed by atoms with Crippen molar-refractivity contribution in [2.75, 3.05) is 13.1 Å². The normalized spacial score (nSPS) is 20.4. The zero-order valence-electron chi connectivity index (χ0n) is 12.9. The zero-order chi connectivity index (χ0) is 17.3. The summed E-state index contributed by atoms with van der Waals surface area (Å²) >= 11 is 0. The molecule has 2 N–H and O–H groups in total. The lowest BCUT2D eigenvalue weighted by Gasteiger charge is -2.21. The third-order valence-electron chi connectivity index (χ3n) is 4.28. The topological polar surface area (TPSA) is 107 Å². The molecule has 3 rings (SSSR count). The molecule has 1 aromatic rings. The van der Waals surface area contributed by atoms with E-state index >= 15 is 0 Å². The second-order valence-corrected chi connectivity index (χ2v) is 5.83. The minimum atomic E-state index is -0.990. The van der Waals surface area contributed by atoms with Crippen molar-refractivity contribution in [1.82, 2.24) is 15.1 Å². The predicted molar refractivity (Wildman–Crippen MR) is 82.1 cm³/mol. The number of benzene rings is 1. The number of aliphatic carboxylic acids is 1. The Labute approximate surface area is 138 Å². The number of likely N-dealkylation sites (tertiary alicyclic amines) is 1. The van der Waals surface area contributed by atoms with Crippen LogP contribution in [0.15, 0.2) is 24.3 Å². The molecule has 2 saturated heterocycles. The lowest BCUT2D eigenvalue weighted by molar-refractivity contribution is -0.141. The van der Waals surface area contributed by atoms with Crippen LogP contribution < -0.4 is 5.32 Å². The average Bonchev–Trinajstić information content (AvgIpc) is 3.17. The fourth-order valence-corrected chi connectivity index (χ4v) is 2.98. The average molecular weight is 331 g/mol. The van der Waals surface area contributed by atoms with Crippen molar-refractivity contribution < 1.29 is 24.3 Å². The van der Waals surface area contributed by atoms with Crippen molar-refractivity contribution >= 4 is 23.8 Å². The Hall–Kier alpha value is -2.90. The molecule has 0 bridgehead atoms. The molecule has 0 aliphatic carbocycles. The maximum absolute atomic E-state index is 12.5. The molecule has 1 atom stereocenters. The van der Waals surface area contributed by atoms with Crippen LogP contribution in [0.3, 0.4) is 0 Å². The van der Waals surface area contributed by atoms with Gasteiger partial charge in [-0.05, 0) is 30.5 Å². The van der Waals surface area contributed by atoms with Gasteiger partial charge in [0.25, 0.3) is 5.91 Å². The van der Waals surface area contributed by atoms with Gasteiger partial charge < -0.3 is 15.3 Å². The first-order chi connectivity index (χ1) is 11.5. The minimum Gasteiger partial charge on any atom is -0.480 e. The van der Waals surface area contributed by atoms with Gasteiger partial charge in [0.05, 0.1) is 13.1 Å². The van der Waals surface area contributed by atoms with E-state index in [2.05, 4.69) is 5.32 Å². The van der Waals surface area contributed by atoms with Crippen LogP contribution in [0.5, 0.6) is 0 Å². The molecule has 2 heterocycles. The molecule has 0 aromatic heterocycles. The molecule has 4 amide bonds. The fourth-order valence-electron chi connectivity index (χ4n) is 2.98. The number of imide groups is 1. The number of hydrogen-bond acceptors (Lipinski definition) is 4. The van der Waals surface area contributed by atoms with Gasteiger partial charge in [0.15, 0.2) is 0 Å². The van der Waals surface area contributed by atoms with E-state index in [1.54, 1.807) is 24.3 Å². The van der Waals surface area contributed by atoms with Crippen LogP contribution in [0, 0.1) is 0 Å². The molecule has 126 valence electrons. The first kappa shape index (κ1) is 16.0. The molecule has 2 aliphatic heterocycles. The number of carboxylic acids is 1. The van der Waals surface area contributed by atoms with Crippen molar-refractivity contribution in [2.24, 2.45) is 0 Å². The Kier molecular flexibility index (Phi) is 4.20. The molecular weight excluding hydrogens is 314 g/mol. The van der Waals surface area contributed by atoms with Crippen LogP contribution >= 0.6 is 0 Å². The lowest BCUT2D eigenvalue weighted by atomic mass is 10.1. The number of urea groups is 1. The van der Waals surface area contributed by atoms with E-state index in [4.69, 9.17) is 5.11 Å². The van der Waals surface area contributed by atoms with Crippen LogP contribution in [0.25, 0.3) is 0 Å². The zero-order valence-corrected chi connectivity index (χ0v) is 12.9. The molecular formula is C16H17N3O5. The van der Waals surface area contributed by atoms with E-state index in [1.807, 2.05) is 0 Å². The molecule has 8 heteroatoms. The molecule has 0 radical (unpaired) electrons. The Morgan fingerprint density at radius 1 is 1.21 bits per heavy atom. The van der Waals surface area contributed by atoms with Crippen molar-refractivity contribution in [2.45, 2.75) is 25.4 Å². The Morgan fingerprint density at radius 3 is 2.50 bits per heavy atom. The molecule has 0 saturated carbocycles. The number of carboxylic acid groups (broad SMARTS) is 1. The van der Waals surface area contributed by atoms with Crippen LogP contribution in [-0.2, 0) is 16.1 Å². The van der Waals surface area contributed by atoms with E-state index < -0.39 is 18.0 Å². The van der Waals surface area contributed by atoms with Crippen molar-refractivity contribution in [3.63, 3.8) is 0 Å². The van der Waals surface area contributed by atoms with E-state index in [-0.39, 0.29) is 24.9 Å². The summed E-state index contributed by atoms with van der Waals surface area (Å²) in [7, 11) is 0. The summed E-state index contributed by atoms with van der Waals surface area (Å²) in [5, 5.41) is 11.6. The highest BCUT2D eigenvalue weighted by Gasteiger charge is 2.34. The van der Waals surface area contributed by atoms with Crippen LogP contribution in [0.4, 0.5) is 4.79 Å². The number of rotatable bonds is 4. The first-order valence-corrected chi connectivity index (χ1v) is 7.68. The Balaban J connectivity index is 1.70. The second kappa shape index (κ2) is 6.31. The number of amides is 4. The van der Waals surface area contributed by atoms with E-state index in [9.17, 15) is 19.2 Å². The monoisotopic (exact) mass is 331 g/mol. The van der Waals surface area contributed by atoms with Gasteiger partial charge in [-0.25, -0.2) is 9.59 Å². The van der Waals surface area contributed by atoms with Gasteiger partial charge in [-0.3, -0.25) is 14.5 Å². The number of carbonyl (C=O) groups excluding carboxylic acids is 3. The summed E-state index contributed by atoms with van der Waals surface area (Å²) in [6.07, 6.45) is 1.14. The molecule has 24 heavy (non-hydrogen) atoms. The smallest absolute Gasteiger partial charge is 0.326 e. The van der Waals surface area contributed by atoms with Crippen LogP contribution in [0.1, 0.15) is 28.8 Å². The maximum Gasteiger partial charge on any atom is 0.326 e.